The van der Waals surface area contributed by atoms with Crippen molar-refractivity contribution in [2.45, 2.75) is 33.7 Å². The SMILES string of the molecule is Cc1cccc(C)c1OCCOCC[NH2+]C(C)C. The maximum atomic E-state index is 5.76. The molecule has 0 bridgehead atoms. The van der Waals surface area contributed by atoms with E-state index >= 15 is 0 Å². The Morgan fingerprint density at radius 2 is 1.72 bits per heavy atom. The summed E-state index contributed by atoms with van der Waals surface area (Å²) in [5, 5.41) is 2.27. The van der Waals surface area contributed by atoms with E-state index in [2.05, 4.69) is 51.2 Å². The van der Waals surface area contributed by atoms with Crippen LogP contribution in [0.5, 0.6) is 5.75 Å². The van der Waals surface area contributed by atoms with Gasteiger partial charge in [0.15, 0.2) is 0 Å². The molecule has 0 aliphatic heterocycles. The van der Waals surface area contributed by atoms with Crippen LogP contribution >= 0.6 is 0 Å². The number of rotatable bonds is 8. The summed E-state index contributed by atoms with van der Waals surface area (Å²) < 4.78 is 11.3. The molecule has 0 aromatic heterocycles. The van der Waals surface area contributed by atoms with Crippen molar-refractivity contribution in [2.75, 3.05) is 26.4 Å². The summed E-state index contributed by atoms with van der Waals surface area (Å²) >= 11 is 0. The van der Waals surface area contributed by atoms with Gasteiger partial charge in [-0.1, -0.05) is 18.2 Å². The molecule has 0 radical (unpaired) electrons. The van der Waals surface area contributed by atoms with E-state index in [-0.39, 0.29) is 0 Å². The molecule has 1 aromatic carbocycles. The average Bonchev–Trinajstić information content (AvgIpc) is 2.30. The molecular weight excluding hydrogens is 226 g/mol. The van der Waals surface area contributed by atoms with Gasteiger partial charge in [0.2, 0.25) is 0 Å². The van der Waals surface area contributed by atoms with Crippen LogP contribution in [0.25, 0.3) is 0 Å². The molecule has 0 atom stereocenters. The van der Waals surface area contributed by atoms with Crippen LogP contribution in [0.3, 0.4) is 0 Å². The summed E-state index contributed by atoms with van der Waals surface area (Å²) in [6.45, 7) is 11.6. The Labute approximate surface area is 110 Å². The molecule has 3 heteroatoms. The van der Waals surface area contributed by atoms with E-state index in [1.807, 2.05) is 0 Å². The Morgan fingerprint density at radius 3 is 2.33 bits per heavy atom. The molecule has 0 heterocycles. The number of quaternary nitrogens is 1. The minimum atomic E-state index is 0.618. The van der Waals surface area contributed by atoms with E-state index in [0.29, 0.717) is 19.3 Å². The van der Waals surface area contributed by atoms with Crippen molar-refractivity contribution in [3.63, 3.8) is 0 Å². The predicted molar refractivity (Wildman–Crippen MR) is 74.2 cm³/mol. The summed E-state index contributed by atoms with van der Waals surface area (Å²) in [4.78, 5) is 0. The second-order valence-corrected chi connectivity index (χ2v) is 4.95. The number of para-hydroxylation sites is 1. The van der Waals surface area contributed by atoms with Crippen LogP contribution in [0.2, 0.25) is 0 Å². The zero-order valence-electron chi connectivity index (χ0n) is 12.0. The molecular formula is C15H26NO2+. The fourth-order valence-corrected chi connectivity index (χ4v) is 1.82. The highest BCUT2D eigenvalue weighted by Crippen LogP contribution is 2.21. The molecule has 0 saturated carbocycles. The van der Waals surface area contributed by atoms with Gasteiger partial charge in [-0.05, 0) is 38.8 Å². The Morgan fingerprint density at radius 1 is 1.06 bits per heavy atom. The van der Waals surface area contributed by atoms with Crippen molar-refractivity contribution < 1.29 is 14.8 Å². The van der Waals surface area contributed by atoms with Gasteiger partial charge in [0.05, 0.1) is 25.8 Å². The second-order valence-electron chi connectivity index (χ2n) is 4.95. The number of nitrogens with two attached hydrogens (primary N) is 1. The van der Waals surface area contributed by atoms with E-state index in [4.69, 9.17) is 9.47 Å². The standard InChI is InChI=1S/C15H25NO2/c1-12(2)16-8-9-17-10-11-18-15-13(3)6-5-7-14(15)4/h5-7,12,16H,8-11H2,1-4H3/p+1. The highest BCUT2D eigenvalue weighted by molar-refractivity contribution is 5.39. The van der Waals surface area contributed by atoms with Crippen molar-refractivity contribution in [2.24, 2.45) is 0 Å². The van der Waals surface area contributed by atoms with Crippen molar-refractivity contribution >= 4 is 0 Å². The molecule has 0 aliphatic rings. The van der Waals surface area contributed by atoms with Crippen molar-refractivity contribution in [1.82, 2.24) is 0 Å². The first-order chi connectivity index (χ1) is 8.61. The number of aryl methyl sites for hydroxylation is 2. The third-order valence-corrected chi connectivity index (χ3v) is 2.78. The number of ether oxygens (including phenoxy) is 2. The quantitative estimate of drug-likeness (QED) is 0.714. The van der Waals surface area contributed by atoms with E-state index in [9.17, 15) is 0 Å². The fraction of sp³-hybridized carbons (Fsp3) is 0.600. The third-order valence-electron chi connectivity index (χ3n) is 2.78. The third kappa shape index (κ3) is 5.52. The Balaban J connectivity index is 2.14. The Bertz CT molecular complexity index is 330. The van der Waals surface area contributed by atoms with Gasteiger partial charge >= 0.3 is 0 Å². The second kappa shape index (κ2) is 8.11. The zero-order chi connectivity index (χ0) is 13.4. The molecule has 0 spiro atoms. The van der Waals surface area contributed by atoms with Gasteiger partial charge in [-0.3, -0.25) is 0 Å². The summed E-state index contributed by atoms with van der Waals surface area (Å²) in [6, 6.07) is 6.83. The number of hydrogen-bond donors (Lipinski definition) is 1. The molecule has 0 aliphatic carbocycles. The molecule has 1 rings (SSSR count). The molecule has 3 nitrogen and oxygen atoms in total. The molecule has 18 heavy (non-hydrogen) atoms. The van der Waals surface area contributed by atoms with Gasteiger partial charge in [-0.25, -0.2) is 0 Å². The highest BCUT2D eigenvalue weighted by atomic mass is 16.5. The van der Waals surface area contributed by atoms with Gasteiger partial charge < -0.3 is 14.8 Å². The normalized spacial score (nSPS) is 10.9. The van der Waals surface area contributed by atoms with Crippen molar-refractivity contribution in [3.8, 4) is 5.75 Å². The lowest BCUT2D eigenvalue weighted by Crippen LogP contribution is -2.89. The monoisotopic (exact) mass is 252 g/mol. The molecule has 2 N–H and O–H groups in total. The van der Waals surface area contributed by atoms with Crippen LogP contribution in [0.4, 0.5) is 0 Å². The maximum absolute atomic E-state index is 5.76. The number of benzene rings is 1. The van der Waals surface area contributed by atoms with Crippen molar-refractivity contribution in [3.05, 3.63) is 29.3 Å². The van der Waals surface area contributed by atoms with E-state index in [1.54, 1.807) is 0 Å². The average molecular weight is 252 g/mol. The topological polar surface area (TPSA) is 35.1 Å². The molecule has 102 valence electrons. The van der Waals surface area contributed by atoms with Gasteiger partial charge in [-0.15, -0.1) is 0 Å². The lowest BCUT2D eigenvalue weighted by Gasteiger charge is -2.12. The Hall–Kier alpha value is -1.06. The van der Waals surface area contributed by atoms with Crippen LogP contribution in [0.1, 0.15) is 25.0 Å². The first-order valence-electron chi connectivity index (χ1n) is 6.71. The summed E-state index contributed by atoms with van der Waals surface area (Å²) in [5.41, 5.74) is 2.37. The minimum absolute atomic E-state index is 0.618. The smallest absolute Gasteiger partial charge is 0.125 e. The lowest BCUT2D eigenvalue weighted by atomic mass is 10.1. The fourth-order valence-electron chi connectivity index (χ4n) is 1.82. The predicted octanol–water partition coefficient (Wildman–Crippen LogP) is 1.67. The largest absolute Gasteiger partial charge is 0.491 e. The van der Waals surface area contributed by atoms with Crippen LogP contribution in [-0.2, 0) is 4.74 Å². The van der Waals surface area contributed by atoms with Crippen LogP contribution in [0.15, 0.2) is 18.2 Å². The molecule has 0 amide bonds. The summed E-state index contributed by atoms with van der Waals surface area (Å²) in [7, 11) is 0. The van der Waals surface area contributed by atoms with Crippen LogP contribution < -0.4 is 10.1 Å². The zero-order valence-corrected chi connectivity index (χ0v) is 12.0. The van der Waals surface area contributed by atoms with Crippen LogP contribution in [0, 0.1) is 13.8 Å². The van der Waals surface area contributed by atoms with Crippen LogP contribution in [-0.4, -0.2) is 32.4 Å². The van der Waals surface area contributed by atoms with Gasteiger partial charge in [0, 0.05) is 0 Å². The maximum Gasteiger partial charge on any atom is 0.125 e. The molecule has 1 aromatic rings. The van der Waals surface area contributed by atoms with Gasteiger partial charge in [0.25, 0.3) is 0 Å². The number of hydrogen-bond acceptors (Lipinski definition) is 2. The van der Waals surface area contributed by atoms with Crippen molar-refractivity contribution in [1.29, 1.82) is 0 Å². The Kier molecular flexibility index (Phi) is 6.76. The van der Waals surface area contributed by atoms with E-state index in [1.165, 1.54) is 11.1 Å². The van der Waals surface area contributed by atoms with E-state index < -0.39 is 0 Å². The molecule has 0 saturated heterocycles. The first kappa shape index (κ1) is 15.0. The lowest BCUT2D eigenvalue weighted by molar-refractivity contribution is -0.684. The van der Waals surface area contributed by atoms with Gasteiger partial charge in [-0.2, -0.15) is 0 Å². The highest BCUT2D eigenvalue weighted by Gasteiger charge is 2.02. The summed E-state index contributed by atoms with van der Waals surface area (Å²) in [6.07, 6.45) is 0. The van der Waals surface area contributed by atoms with Gasteiger partial charge in [0.1, 0.15) is 12.4 Å². The van der Waals surface area contributed by atoms with E-state index in [0.717, 1.165) is 18.9 Å². The molecule has 0 unspecified atom stereocenters. The minimum Gasteiger partial charge on any atom is -0.491 e. The summed E-state index contributed by atoms with van der Waals surface area (Å²) in [5.74, 6) is 0.995. The first-order valence-corrected chi connectivity index (χ1v) is 6.71. The molecule has 0 fully saturated rings.